The summed E-state index contributed by atoms with van der Waals surface area (Å²) < 4.78 is 5.86. The summed E-state index contributed by atoms with van der Waals surface area (Å²) in [7, 11) is 0. The Morgan fingerprint density at radius 1 is 1.19 bits per heavy atom. The molecule has 4 rings (SSSR count). The normalized spacial score (nSPS) is 19.5. The highest BCUT2D eigenvalue weighted by Gasteiger charge is 2.31. The summed E-state index contributed by atoms with van der Waals surface area (Å²) in [5, 5.41) is 6.78. The maximum absolute atomic E-state index is 12.8. The molecule has 2 aliphatic rings. The number of guanidine groups is 1. The lowest BCUT2D eigenvalue weighted by molar-refractivity contribution is -0.135. The number of carbonyl (C=O) groups excluding carboxylic acids is 1. The Labute approximate surface area is 207 Å². The van der Waals surface area contributed by atoms with Crippen LogP contribution in [-0.2, 0) is 11.3 Å². The lowest BCUT2D eigenvalue weighted by atomic mass is 9.88. The first-order valence-electron chi connectivity index (χ1n) is 11.6. The van der Waals surface area contributed by atoms with Gasteiger partial charge in [0.05, 0.1) is 6.20 Å². The summed E-state index contributed by atoms with van der Waals surface area (Å²) in [4.78, 5) is 23.9. The van der Waals surface area contributed by atoms with Crippen molar-refractivity contribution in [3.05, 3.63) is 42.4 Å². The smallest absolute Gasteiger partial charge is 0.225 e. The highest BCUT2D eigenvalue weighted by molar-refractivity contribution is 14.0. The summed E-state index contributed by atoms with van der Waals surface area (Å²) >= 11 is 0. The maximum Gasteiger partial charge on any atom is 0.225 e. The zero-order valence-electron chi connectivity index (χ0n) is 18.8. The molecule has 8 heteroatoms. The fraction of sp³-hybridized carbons (Fsp3) is 0.542. The molecule has 1 saturated heterocycles. The van der Waals surface area contributed by atoms with Gasteiger partial charge in [-0.2, -0.15) is 0 Å². The standard InChI is InChI=1S/C24H33N5O2.HI/c1-2-25-24(27-16-22-26-15-21(31-22)18-9-5-3-6-10-18)28-20-13-14-29(17-20)23(30)19-11-7-4-8-12-19;/h3,5-6,9-10,15,19-20H,2,4,7-8,11-14,16-17H2,1H3,(H2,25,27,28);1H. The van der Waals surface area contributed by atoms with Crippen LogP contribution in [0.15, 0.2) is 45.9 Å². The highest BCUT2D eigenvalue weighted by atomic mass is 127. The zero-order chi connectivity index (χ0) is 21.5. The molecule has 32 heavy (non-hydrogen) atoms. The largest absolute Gasteiger partial charge is 0.439 e. The molecule has 0 radical (unpaired) electrons. The maximum atomic E-state index is 12.8. The van der Waals surface area contributed by atoms with E-state index in [1.807, 2.05) is 42.2 Å². The molecule has 2 heterocycles. The molecular weight excluding hydrogens is 517 g/mol. The average molecular weight is 551 g/mol. The van der Waals surface area contributed by atoms with Crippen molar-refractivity contribution in [1.82, 2.24) is 20.5 Å². The summed E-state index contributed by atoms with van der Waals surface area (Å²) in [6.45, 7) is 4.75. The van der Waals surface area contributed by atoms with Crippen LogP contribution < -0.4 is 10.6 Å². The number of carbonyl (C=O) groups is 1. The van der Waals surface area contributed by atoms with Crippen LogP contribution in [0.3, 0.4) is 0 Å². The summed E-state index contributed by atoms with van der Waals surface area (Å²) in [5.74, 6) is 2.64. The minimum Gasteiger partial charge on any atom is -0.439 e. The number of amides is 1. The number of nitrogens with zero attached hydrogens (tertiary/aromatic N) is 3. The number of rotatable bonds is 6. The molecule has 7 nitrogen and oxygen atoms in total. The fourth-order valence-electron chi connectivity index (χ4n) is 4.47. The Kier molecular flexibility index (Phi) is 9.37. The predicted octanol–water partition coefficient (Wildman–Crippen LogP) is 4.20. The van der Waals surface area contributed by atoms with Crippen molar-refractivity contribution >= 4 is 35.8 Å². The number of aromatic nitrogens is 1. The molecule has 0 bridgehead atoms. The molecule has 1 unspecified atom stereocenters. The third-order valence-electron chi connectivity index (χ3n) is 6.12. The topological polar surface area (TPSA) is 82.8 Å². The number of aliphatic imine (C=N–C) groups is 1. The number of oxazole rings is 1. The van der Waals surface area contributed by atoms with E-state index in [0.717, 1.165) is 56.2 Å². The molecule has 2 aromatic rings. The van der Waals surface area contributed by atoms with E-state index in [1.54, 1.807) is 6.20 Å². The van der Waals surface area contributed by atoms with Gasteiger partial charge in [0.1, 0.15) is 6.54 Å². The van der Waals surface area contributed by atoms with Crippen molar-refractivity contribution in [1.29, 1.82) is 0 Å². The van der Waals surface area contributed by atoms with Crippen molar-refractivity contribution < 1.29 is 9.21 Å². The van der Waals surface area contributed by atoms with E-state index in [9.17, 15) is 4.79 Å². The number of hydrogen-bond acceptors (Lipinski definition) is 4. The average Bonchev–Trinajstić information content (AvgIpc) is 3.48. The zero-order valence-corrected chi connectivity index (χ0v) is 21.1. The fourth-order valence-corrected chi connectivity index (χ4v) is 4.47. The Hall–Kier alpha value is -2.10. The van der Waals surface area contributed by atoms with Crippen LogP contribution >= 0.6 is 24.0 Å². The first kappa shape index (κ1) is 24.5. The van der Waals surface area contributed by atoms with Crippen LogP contribution in [0.1, 0.15) is 51.3 Å². The Bertz CT molecular complexity index is 880. The third-order valence-corrected chi connectivity index (χ3v) is 6.12. The quantitative estimate of drug-likeness (QED) is 0.320. The van der Waals surface area contributed by atoms with Gasteiger partial charge in [-0.05, 0) is 26.2 Å². The van der Waals surface area contributed by atoms with E-state index in [2.05, 4.69) is 20.6 Å². The first-order chi connectivity index (χ1) is 15.2. The van der Waals surface area contributed by atoms with E-state index < -0.39 is 0 Å². The Morgan fingerprint density at radius 2 is 1.97 bits per heavy atom. The molecule has 2 N–H and O–H groups in total. The molecule has 1 aromatic carbocycles. The molecule has 2 fully saturated rings. The first-order valence-corrected chi connectivity index (χ1v) is 11.6. The monoisotopic (exact) mass is 551 g/mol. The number of benzene rings is 1. The van der Waals surface area contributed by atoms with Gasteiger partial charge in [0.2, 0.25) is 11.8 Å². The molecule has 1 aliphatic carbocycles. The Morgan fingerprint density at radius 3 is 2.72 bits per heavy atom. The predicted molar refractivity (Wildman–Crippen MR) is 137 cm³/mol. The summed E-state index contributed by atoms with van der Waals surface area (Å²) in [6.07, 6.45) is 8.45. The van der Waals surface area contributed by atoms with Crippen molar-refractivity contribution in [3.63, 3.8) is 0 Å². The van der Waals surface area contributed by atoms with E-state index in [0.29, 0.717) is 18.3 Å². The minimum absolute atomic E-state index is 0. The minimum atomic E-state index is 0. The van der Waals surface area contributed by atoms with Crippen LogP contribution in [0.4, 0.5) is 0 Å². The van der Waals surface area contributed by atoms with Gasteiger partial charge in [0.25, 0.3) is 0 Å². The molecule has 1 amide bonds. The van der Waals surface area contributed by atoms with Gasteiger partial charge in [-0.15, -0.1) is 24.0 Å². The van der Waals surface area contributed by atoms with Crippen LogP contribution in [0.2, 0.25) is 0 Å². The van der Waals surface area contributed by atoms with E-state index in [-0.39, 0.29) is 35.9 Å². The van der Waals surface area contributed by atoms with Crippen molar-refractivity contribution in [2.24, 2.45) is 10.9 Å². The molecule has 1 atom stereocenters. The van der Waals surface area contributed by atoms with Crippen LogP contribution in [-0.4, -0.2) is 47.4 Å². The van der Waals surface area contributed by atoms with Crippen LogP contribution in [0, 0.1) is 5.92 Å². The van der Waals surface area contributed by atoms with Gasteiger partial charge in [-0.25, -0.2) is 9.98 Å². The van der Waals surface area contributed by atoms with E-state index in [4.69, 9.17) is 4.42 Å². The van der Waals surface area contributed by atoms with Crippen LogP contribution in [0.25, 0.3) is 11.3 Å². The van der Waals surface area contributed by atoms with Gasteiger partial charge < -0.3 is 20.0 Å². The van der Waals surface area contributed by atoms with Crippen molar-refractivity contribution in [2.45, 2.75) is 58.0 Å². The number of hydrogen-bond donors (Lipinski definition) is 2. The number of likely N-dealkylation sites (tertiary alicyclic amines) is 1. The molecule has 1 aromatic heterocycles. The Balaban J connectivity index is 0.00000289. The second kappa shape index (κ2) is 12.2. The highest BCUT2D eigenvalue weighted by Crippen LogP contribution is 2.27. The van der Waals surface area contributed by atoms with Gasteiger partial charge in [-0.1, -0.05) is 49.6 Å². The number of halogens is 1. The molecular formula is C24H34IN5O2. The van der Waals surface area contributed by atoms with Gasteiger partial charge in [-0.3, -0.25) is 4.79 Å². The molecule has 0 spiro atoms. The van der Waals surface area contributed by atoms with Gasteiger partial charge in [0.15, 0.2) is 11.7 Å². The third kappa shape index (κ3) is 6.46. The lowest BCUT2D eigenvalue weighted by Crippen LogP contribution is -2.45. The molecule has 1 saturated carbocycles. The molecule has 1 aliphatic heterocycles. The van der Waals surface area contributed by atoms with Crippen molar-refractivity contribution in [3.8, 4) is 11.3 Å². The second-order valence-electron chi connectivity index (χ2n) is 8.43. The SMILES string of the molecule is CCNC(=NCc1ncc(-c2ccccc2)o1)NC1CCN(C(=O)C2CCCCC2)C1.I. The lowest BCUT2D eigenvalue weighted by Gasteiger charge is -2.26. The number of nitrogens with one attached hydrogen (secondary N) is 2. The van der Waals surface area contributed by atoms with Gasteiger partial charge in [0, 0.05) is 37.2 Å². The van der Waals surface area contributed by atoms with Gasteiger partial charge >= 0.3 is 0 Å². The summed E-state index contributed by atoms with van der Waals surface area (Å²) in [6, 6.07) is 10.2. The van der Waals surface area contributed by atoms with Crippen LogP contribution in [0.5, 0.6) is 0 Å². The summed E-state index contributed by atoms with van der Waals surface area (Å²) in [5.41, 5.74) is 1.00. The molecule has 174 valence electrons. The van der Waals surface area contributed by atoms with E-state index >= 15 is 0 Å². The van der Waals surface area contributed by atoms with Crippen molar-refractivity contribution in [2.75, 3.05) is 19.6 Å². The van der Waals surface area contributed by atoms with E-state index in [1.165, 1.54) is 19.3 Å². The second-order valence-corrected chi connectivity index (χ2v) is 8.43.